The lowest BCUT2D eigenvalue weighted by Crippen LogP contribution is -2.68. The Morgan fingerprint density at radius 1 is 0.646 bits per heavy atom. The molecule has 2 aromatic rings. The number of carbonyl (C=O) groups excluding carboxylic acids is 11. The largest absolute Gasteiger partial charge is 0.480 e. The minimum absolute atomic E-state index is 0.0667. The van der Waals surface area contributed by atoms with Crippen molar-refractivity contribution in [3.8, 4) is 0 Å². The van der Waals surface area contributed by atoms with Crippen LogP contribution >= 0.6 is 7.75 Å². The average molecular weight is 1180 g/mol. The number of aliphatic carboxylic acids is 1. The van der Waals surface area contributed by atoms with E-state index in [1.807, 2.05) is 5.32 Å². The highest BCUT2D eigenvalue weighted by Gasteiger charge is 2.53. The second kappa shape index (κ2) is 33.7. The number of amides is 8. The minimum Gasteiger partial charge on any atom is -0.480 e. The van der Waals surface area contributed by atoms with Gasteiger partial charge in [-0.2, -0.15) is 5.09 Å². The van der Waals surface area contributed by atoms with Crippen LogP contribution in [0.25, 0.3) is 0 Å². The van der Waals surface area contributed by atoms with E-state index in [1.165, 1.54) is 19.1 Å². The number of carbonyl (C=O) groups is 12. The zero-order valence-corrected chi connectivity index (χ0v) is 46.3. The zero-order chi connectivity index (χ0) is 61.3. The number of carboxylic acids is 1. The predicted molar refractivity (Wildman–Crippen MR) is 279 cm³/mol. The molecule has 452 valence electrons. The summed E-state index contributed by atoms with van der Waals surface area (Å²) in [5, 5.41) is 49.7. The molecule has 3 rings (SSSR count). The van der Waals surface area contributed by atoms with Crippen LogP contribution in [0.1, 0.15) is 45.7 Å². The molecule has 12 atom stereocenters. The van der Waals surface area contributed by atoms with Crippen molar-refractivity contribution in [2.45, 2.75) is 114 Å². The summed E-state index contributed by atoms with van der Waals surface area (Å²) in [5.41, 5.74) is 6.48. The van der Waals surface area contributed by atoms with Gasteiger partial charge in [-0.15, -0.1) is 0 Å². The van der Waals surface area contributed by atoms with Crippen molar-refractivity contribution in [3.63, 3.8) is 0 Å². The summed E-state index contributed by atoms with van der Waals surface area (Å²) in [4.78, 5) is 155. The summed E-state index contributed by atoms with van der Waals surface area (Å²) >= 11 is 0. The van der Waals surface area contributed by atoms with Gasteiger partial charge >= 0.3 is 31.6 Å². The first-order valence-electron chi connectivity index (χ1n) is 25.0. The van der Waals surface area contributed by atoms with Crippen molar-refractivity contribution in [2.24, 2.45) is 5.73 Å². The van der Waals surface area contributed by atoms with E-state index < -0.39 is 185 Å². The number of nitrogens with two attached hydrogens (primary N) is 1. The highest BCUT2D eigenvalue weighted by Crippen LogP contribution is 2.45. The lowest BCUT2D eigenvalue weighted by atomic mass is 9.95. The van der Waals surface area contributed by atoms with Gasteiger partial charge in [0.1, 0.15) is 67.8 Å². The summed E-state index contributed by atoms with van der Waals surface area (Å²) < 4.78 is 47.7. The van der Waals surface area contributed by atoms with Crippen molar-refractivity contribution in [1.29, 1.82) is 0 Å². The SMILES string of the molecule is COP(=[18O])(N[C@@H]1O[C@H](COC(C)=O)[C@@H](OC(C)=O)[C@H](OC(C)=O)[C@H]1NC(C)=O)OC[C@H](NC(=O)[C@H](C)NC(=O)[C@H](Cc1ccccc1)NC(=O)CN)C(=O)N[C@@H](Cc1ccccc1)C(=O)N[C@@H](CO)C(=O)N[C@@H](CO)C(=O)NCC(=O)O. The Morgan fingerprint density at radius 3 is 1.61 bits per heavy atom. The Hall–Kier alpha value is -7.97. The molecule has 32 nitrogen and oxygen atoms in total. The quantitative estimate of drug-likeness (QED) is 0.0141. The van der Waals surface area contributed by atoms with Gasteiger partial charge in [-0.1, -0.05) is 60.7 Å². The predicted octanol–water partition coefficient (Wildman–Crippen LogP) is -5.44. The van der Waals surface area contributed by atoms with Gasteiger partial charge in [0.15, 0.2) is 12.2 Å². The van der Waals surface area contributed by atoms with Crippen molar-refractivity contribution in [2.75, 3.05) is 46.6 Å². The highest BCUT2D eigenvalue weighted by atomic mass is 31.2. The van der Waals surface area contributed by atoms with Gasteiger partial charge in [0, 0.05) is 47.6 Å². The normalized spacial score (nSPS) is 19.4. The maximum atomic E-state index is 14.7. The molecule has 0 aliphatic carbocycles. The fourth-order valence-corrected chi connectivity index (χ4v) is 8.80. The van der Waals surface area contributed by atoms with Crippen molar-refractivity contribution in [3.05, 3.63) is 71.8 Å². The van der Waals surface area contributed by atoms with E-state index in [0.717, 1.165) is 34.8 Å². The van der Waals surface area contributed by atoms with E-state index in [0.29, 0.717) is 11.1 Å². The van der Waals surface area contributed by atoms with Gasteiger partial charge in [0.05, 0.1) is 26.4 Å². The number of nitrogens with one attached hydrogen (secondary N) is 9. The minimum atomic E-state index is -5.00. The fraction of sp³-hybridized carbons (Fsp3) is 0.510. The molecule has 1 aliphatic heterocycles. The third kappa shape index (κ3) is 22.9. The molecule has 1 fully saturated rings. The fourth-order valence-electron chi connectivity index (χ4n) is 7.63. The Kier molecular flexibility index (Phi) is 28.1. The summed E-state index contributed by atoms with van der Waals surface area (Å²) in [6.07, 6.45) is -7.07. The molecule has 0 bridgehead atoms. The number of hydrogen-bond acceptors (Lipinski definition) is 22. The topological polar surface area (TPSA) is 472 Å². The number of benzene rings is 2. The lowest BCUT2D eigenvalue weighted by Gasteiger charge is -2.45. The molecule has 1 saturated heterocycles. The molecule has 82 heavy (non-hydrogen) atoms. The summed E-state index contributed by atoms with van der Waals surface area (Å²) in [7, 11) is -4.15. The Morgan fingerprint density at radius 2 is 1.12 bits per heavy atom. The molecule has 33 heteroatoms. The number of aliphatic hydroxyl groups is 2. The summed E-state index contributed by atoms with van der Waals surface area (Å²) in [6.45, 7) is -0.191. The van der Waals surface area contributed by atoms with Gasteiger partial charge < -0.3 is 87.1 Å². The molecule has 14 N–H and O–H groups in total. The van der Waals surface area contributed by atoms with E-state index in [1.54, 1.807) is 48.5 Å². The third-order valence-electron chi connectivity index (χ3n) is 11.5. The number of carboxylic acid groups (broad SMARTS) is 1. The Balaban J connectivity index is 2.09. The molecule has 0 radical (unpaired) electrons. The van der Waals surface area contributed by atoms with E-state index in [-0.39, 0.29) is 12.8 Å². The Bertz CT molecular complexity index is 2620. The monoisotopic (exact) mass is 1180 g/mol. The van der Waals surface area contributed by atoms with Crippen LogP contribution in [0.4, 0.5) is 0 Å². The third-order valence-corrected chi connectivity index (χ3v) is 13.1. The van der Waals surface area contributed by atoms with E-state index >= 15 is 0 Å². The van der Waals surface area contributed by atoms with Gasteiger partial charge in [-0.05, 0) is 18.1 Å². The van der Waals surface area contributed by atoms with Crippen LogP contribution in [0.5, 0.6) is 0 Å². The van der Waals surface area contributed by atoms with Crippen LogP contribution in [0.15, 0.2) is 60.7 Å². The first-order valence-corrected chi connectivity index (χ1v) is 26.6. The molecule has 8 amide bonds. The van der Waals surface area contributed by atoms with E-state index in [2.05, 4.69) is 42.3 Å². The first-order chi connectivity index (χ1) is 38.7. The average Bonchev–Trinajstić information content (AvgIpc) is 3.63. The molecule has 1 unspecified atom stereocenters. The zero-order valence-electron chi connectivity index (χ0n) is 45.4. The van der Waals surface area contributed by atoms with Crippen molar-refractivity contribution < 1.29 is 105 Å². The lowest BCUT2D eigenvalue weighted by molar-refractivity contribution is -0.225. The molecule has 2 aromatic carbocycles. The maximum absolute atomic E-state index is 14.7. The molecule has 0 saturated carbocycles. The molecule has 1 heterocycles. The van der Waals surface area contributed by atoms with E-state index in [9.17, 15) is 72.3 Å². The second-order valence-corrected chi connectivity index (χ2v) is 19.9. The standard InChI is InChI=1S/C49H69N10O22P/c1-25(52-45(71)32(54-38(66)19-50)17-30-13-9-7-10-14-30)43(69)58-36(23-78-82(75,76-6)59-49-40(53-26(2)62)42(80-29(5)65)41(79-28(4)64)37(81-49)24-77-27(3)63)48(74)55-33(18-31-15-11-8-12-16-31)46(72)57-35(22-61)47(73)56-34(21-60)44(70)51-20-39(67)68/h7-16,25,32-37,40-42,49,60-61H,17-24,50H2,1-6H3,(H,51,70)(H,52,71)(H,53,62)(H,54,66)(H,55,74)(H,56,73)(H,57,72)(H,58,69)(H,59,75)(H,67,68)/t25-,32-,33-,34-,35-,36-,37+,40+,41+,42+,49+,82?/m0/s1/i75+2. The number of esters is 3. The highest BCUT2D eigenvalue weighted by molar-refractivity contribution is 7.51. The number of rotatable bonds is 32. The van der Waals surface area contributed by atoms with Crippen molar-refractivity contribution in [1.82, 2.24) is 47.6 Å². The van der Waals surface area contributed by atoms with Gasteiger partial charge in [0.2, 0.25) is 47.3 Å². The van der Waals surface area contributed by atoms with Crippen LogP contribution in [0, 0.1) is 0 Å². The number of aliphatic hydroxyl groups excluding tert-OH is 2. The van der Waals surface area contributed by atoms with E-state index in [4.69, 9.17) is 38.8 Å². The number of hydrogen-bond donors (Lipinski definition) is 13. The molecular formula is C49H69N10O22P. The van der Waals surface area contributed by atoms with Crippen LogP contribution in [0.3, 0.4) is 0 Å². The smallest absolute Gasteiger partial charge is 0.407 e. The second-order valence-electron chi connectivity index (χ2n) is 18.0. The van der Waals surface area contributed by atoms with Gasteiger partial charge in [-0.3, -0.25) is 62.1 Å². The summed E-state index contributed by atoms with van der Waals surface area (Å²) in [5.74, 6) is -12.6. The molecule has 1 aliphatic rings. The number of ether oxygens (including phenoxy) is 4. The molecule has 0 spiro atoms. The van der Waals surface area contributed by atoms with Crippen LogP contribution < -0.4 is 53.4 Å². The summed E-state index contributed by atoms with van der Waals surface area (Å²) in [6, 6.07) is 4.34. The first kappa shape index (κ1) is 68.3. The molecular weight excluding hydrogens is 1110 g/mol. The van der Waals surface area contributed by atoms with Crippen LogP contribution in [-0.4, -0.2) is 200 Å². The van der Waals surface area contributed by atoms with Crippen LogP contribution in [-0.2, 0) is 103 Å². The van der Waals surface area contributed by atoms with Gasteiger partial charge in [0.25, 0.3) is 0 Å². The molecule has 0 aromatic heterocycles. The van der Waals surface area contributed by atoms with Crippen LogP contribution in [0.2, 0.25) is 0 Å². The maximum Gasteiger partial charge on any atom is 0.407 e. The van der Waals surface area contributed by atoms with Crippen molar-refractivity contribution >= 4 is 78.9 Å². The van der Waals surface area contributed by atoms with Gasteiger partial charge in [-0.25, -0.2) is 4.57 Å². The Labute approximate surface area is 469 Å².